The van der Waals surface area contributed by atoms with Gasteiger partial charge in [-0.15, -0.1) is 0 Å². The number of pyridine rings is 1. The maximum Gasteiger partial charge on any atom is 0.254 e. The fourth-order valence-electron chi connectivity index (χ4n) is 3.86. The number of nitrogens with one attached hydrogen (secondary N) is 1. The van der Waals surface area contributed by atoms with Crippen LogP contribution in [-0.4, -0.2) is 34.8 Å². The van der Waals surface area contributed by atoms with E-state index in [1.54, 1.807) is 12.4 Å². The van der Waals surface area contributed by atoms with Crippen LogP contribution in [0.2, 0.25) is 0 Å². The predicted molar refractivity (Wildman–Crippen MR) is 105 cm³/mol. The zero-order chi connectivity index (χ0) is 19.4. The molecule has 1 aromatic carbocycles. The van der Waals surface area contributed by atoms with Crippen LogP contribution in [0, 0.1) is 26.7 Å². The van der Waals surface area contributed by atoms with Crippen LogP contribution >= 0.6 is 0 Å². The number of piperidine rings is 1. The number of aryl methyl sites for hydroxylation is 3. The Bertz CT molecular complexity index is 802. The predicted octanol–water partition coefficient (Wildman–Crippen LogP) is 3.18. The Morgan fingerprint density at radius 1 is 1.15 bits per heavy atom. The van der Waals surface area contributed by atoms with Crippen molar-refractivity contribution in [2.75, 3.05) is 13.1 Å². The van der Waals surface area contributed by atoms with Gasteiger partial charge in [0.2, 0.25) is 5.91 Å². The molecular weight excluding hydrogens is 338 g/mol. The van der Waals surface area contributed by atoms with Crippen LogP contribution in [0.5, 0.6) is 0 Å². The zero-order valence-electron chi connectivity index (χ0n) is 16.3. The van der Waals surface area contributed by atoms with Crippen molar-refractivity contribution in [2.24, 2.45) is 5.92 Å². The molecular formula is C22H27N3O2. The highest BCUT2D eigenvalue weighted by atomic mass is 16.2. The highest BCUT2D eigenvalue weighted by Crippen LogP contribution is 2.23. The summed E-state index contributed by atoms with van der Waals surface area (Å²) in [6.07, 6.45) is 4.88. The van der Waals surface area contributed by atoms with Crippen molar-refractivity contribution < 1.29 is 9.59 Å². The maximum absolute atomic E-state index is 13.0. The van der Waals surface area contributed by atoms with E-state index in [4.69, 9.17) is 0 Å². The number of hydrogen-bond donors (Lipinski definition) is 1. The second-order valence-electron chi connectivity index (χ2n) is 7.42. The molecule has 2 heterocycles. The molecule has 2 aromatic rings. The average Bonchev–Trinajstić information content (AvgIpc) is 2.66. The Balaban J connectivity index is 1.55. The molecule has 1 N–H and O–H groups in total. The molecule has 1 aliphatic heterocycles. The van der Waals surface area contributed by atoms with E-state index in [1.807, 2.05) is 37.8 Å². The minimum atomic E-state index is -0.0362. The second-order valence-corrected chi connectivity index (χ2v) is 7.42. The molecule has 0 atom stereocenters. The van der Waals surface area contributed by atoms with Gasteiger partial charge in [0, 0.05) is 43.5 Å². The Morgan fingerprint density at radius 2 is 1.81 bits per heavy atom. The summed E-state index contributed by atoms with van der Waals surface area (Å²) in [6.45, 7) is 7.77. The second kappa shape index (κ2) is 8.33. The molecule has 0 aliphatic carbocycles. The van der Waals surface area contributed by atoms with Crippen LogP contribution in [0.25, 0.3) is 0 Å². The summed E-state index contributed by atoms with van der Waals surface area (Å²) >= 11 is 0. The van der Waals surface area contributed by atoms with Gasteiger partial charge in [0.25, 0.3) is 5.91 Å². The van der Waals surface area contributed by atoms with Gasteiger partial charge in [-0.25, -0.2) is 0 Å². The van der Waals surface area contributed by atoms with Gasteiger partial charge < -0.3 is 10.2 Å². The van der Waals surface area contributed by atoms with E-state index < -0.39 is 0 Å². The van der Waals surface area contributed by atoms with Gasteiger partial charge in [0.05, 0.1) is 0 Å². The van der Waals surface area contributed by atoms with Crippen molar-refractivity contribution >= 4 is 11.8 Å². The number of nitrogens with zero attached hydrogens (tertiary/aromatic N) is 2. The number of amides is 2. The molecule has 0 spiro atoms. The maximum atomic E-state index is 13.0. The lowest BCUT2D eigenvalue weighted by molar-refractivity contribution is -0.126. The minimum absolute atomic E-state index is 0.0362. The molecule has 27 heavy (non-hydrogen) atoms. The first-order valence-electron chi connectivity index (χ1n) is 9.49. The van der Waals surface area contributed by atoms with Crippen molar-refractivity contribution in [1.82, 2.24) is 15.2 Å². The smallest absolute Gasteiger partial charge is 0.254 e. The molecule has 2 amide bonds. The van der Waals surface area contributed by atoms with E-state index in [1.165, 1.54) is 5.56 Å². The largest absolute Gasteiger partial charge is 0.352 e. The van der Waals surface area contributed by atoms with Crippen molar-refractivity contribution in [3.63, 3.8) is 0 Å². The third-order valence-corrected chi connectivity index (χ3v) is 5.23. The van der Waals surface area contributed by atoms with E-state index in [0.29, 0.717) is 32.5 Å². The Morgan fingerprint density at radius 3 is 2.41 bits per heavy atom. The van der Waals surface area contributed by atoms with Crippen LogP contribution < -0.4 is 5.32 Å². The quantitative estimate of drug-likeness (QED) is 0.905. The summed E-state index contributed by atoms with van der Waals surface area (Å²) in [7, 11) is 0. The third kappa shape index (κ3) is 4.54. The average molecular weight is 365 g/mol. The number of aromatic nitrogens is 1. The SMILES string of the molecule is Cc1cc(C)c(C(=O)N2CCC(C(=O)NCc3cccnc3)CC2)c(C)c1. The van der Waals surface area contributed by atoms with E-state index >= 15 is 0 Å². The first kappa shape index (κ1) is 19.1. The number of hydrogen-bond acceptors (Lipinski definition) is 3. The summed E-state index contributed by atoms with van der Waals surface area (Å²) in [4.78, 5) is 31.3. The van der Waals surface area contributed by atoms with E-state index in [2.05, 4.69) is 22.4 Å². The number of rotatable bonds is 4. The Kier molecular flexibility index (Phi) is 5.89. The molecule has 0 bridgehead atoms. The molecule has 142 valence electrons. The van der Waals surface area contributed by atoms with Crippen molar-refractivity contribution in [3.8, 4) is 0 Å². The van der Waals surface area contributed by atoms with Gasteiger partial charge in [-0.05, 0) is 56.4 Å². The van der Waals surface area contributed by atoms with Gasteiger partial charge in [-0.1, -0.05) is 23.8 Å². The molecule has 0 saturated carbocycles. The van der Waals surface area contributed by atoms with Crippen molar-refractivity contribution in [2.45, 2.75) is 40.2 Å². The summed E-state index contributed by atoms with van der Waals surface area (Å²) in [5, 5.41) is 2.99. The number of likely N-dealkylation sites (tertiary alicyclic amines) is 1. The fourth-order valence-corrected chi connectivity index (χ4v) is 3.86. The lowest BCUT2D eigenvalue weighted by Gasteiger charge is -2.32. The molecule has 1 saturated heterocycles. The number of carbonyl (C=O) groups is 2. The lowest BCUT2D eigenvalue weighted by Crippen LogP contribution is -2.43. The number of carbonyl (C=O) groups excluding carboxylic acids is 2. The first-order chi connectivity index (χ1) is 13.0. The van der Waals surface area contributed by atoms with Crippen LogP contribution in [0.1, 0.15) is 45.5 Å². The topological polar surface area (TPSA) is 62.3 Å². The Labute approximate surface area is 160 Å². The number of benzene rings is 1. The molecule has 0 unspecified atom stereocenters. The standard InChI is InChI=1S/C22H27N3O2/c1-15-11-16(2)20(17(3)12-15)22(27)25-9-6-19(7-10-25)21(26)24-14-18-5-4-8-23-13-18/h4-5,8,11-13,19H,6-7,9-10,14H2,1-3H3,(H,24,26). The van der Waals surface area contributed by atoms with Crippen LogP contribution in [0.15, 0.2) is 36.7 Å². The van der Waals surface area contributed by atoms with Crippen molar-refractivity contribution in [3.05, 3.63) is 64.5 Å². The van der Waals surface area contributed by atoms with Gasteiger partial charge >= 0.3 is 0 Å². The third-order valence-electron chi connectivity index (χ3n) is 5.23. The van der Waals surface area contributed by atoms with E-state index in [0.717, 1.165) is 22.3 Å². The zero-order valence-corrected chi connectivity index (χ0v) is 16.3. The monoisotopic (exact) mass is 365 g/mol. The van der Waals surface area contributed by atoms with Gasteiger partial charge in [0.15, 0.2) is 0 Å². The fraction of sp³-hybridized carbons (Fsp3) is 0.409. The van der Waals surface area contributed by atoms with E-state index in [-0.39, 0.29) is 17.7 Å². The van der Waals surface area contributed by atoms with Crippen LogP contribution in [0.3, 0.4) is 0 Å². The van der Waals surface area contributed by atoms with Gasteiger partial charge in [-0.2, -0.15) is 0 Å². The highest BCUT2D eigenvalue weighted by Gasteiger charge is 2.28. The van der Waals surface area contributed by atoms with Crippen LogP contribution in [-0.2, 0) is 11.3 Å². The Hall–Kier alpha value is -2.69. The van der Waals surface area contributed by atoms with Crippen molar-refractivity contribution in [1.29, 1.82) is 0 Å². The summed E-state index contributed by atoms with van der Waals surface area (Å²) in [5.41, 5.74) is 5.01. The summed E-state index contributed by atoms with van der Waals surface area (Å²) in [5.74, 6) is 0.110. The highest BCUT2D eigenvalue weighted by molar-refractivity contribution is 5.97. The first-order valence-corrected chi connectivity index (χ1v) is 9.49. The van der Waals surface area contributed by atoms with Gasteiger partial charge in [0.1, 0.15) is 0 Å². The molecule has 5 heteroatoms. The normalized spacial score (nSPS) is 14.9. The molecule has 1 fully saturated rings. The van der Waals surface area contributed by atoms with E-state index in [9.17, 15) is 9.59 Å². The lowest BCUT2D eigenvalue weighted by atomic mass is 9.93. The molecule has 1 aromatic heterocycles. The minimum Gasteiger partial charge on any atom is -0.352 e. The molecule has 5 nitrogen and oxygen atoms in total. The van der Waals surface area contributed by atoms with Crippen LogP contribution in [0.4, 0.5) is 0 Å². The summed E-state index contributed by atoms with van der Waals surface area (Å²) < 4.78 is 0. The van der Waals surface area contributed by atoms with Gasteiger partial charge in [-0.3, -0.25) is 14.6 Å². The summed E-state index contributed by atoms with van der Waals surface area (Å²) in [6, 6.07) is 7.92. The molecule has 0 radical (unpaired) electrons. The molecule has 3 rings (SSSR count). The molecule has 1 aliphatic rings.